The minimum absolute atomic E-state index is 0.760. The first-order valence-corrected chi connectivity index (χ1v) is 7.45. The average Bonchev–Trinajstić information content (AvgIpc) is 2.43. The van der Waals surface area contributed by atoms with Gasteiger partial charge in [-0.1, -0.05) is 48.6 Å². The molecule has 0 aliphatic rings. The summed E-state index contributed by atoms with van der Waals surface area (Å²) in [5.41, 5.74) is 5.14. The first kappa shape index (κ1) is 14.3. The van der Waals surface area contributed by atoms with Crippen LogP contribution in [0.5, 0.6) is 0 Å². The van der Waals surface area contributed by atoms with Crippen LogP contribution in [0.15, 0.2) is 53.4 Å². The largest absolute Gasteiger partial charge is 0.175 e. The summed E-state index contributed by atoms with van der Waals surface area (Å²) in [6.45, 7) is 2.05. The van der Waals surface area contributed by atoms with Crippen LogP contribution in [0.4, 0.5) is 0 Å². The van der Waals surface area contributed by atoms with Gasteiger partial charge in [-0.2, -0.15) is 12.6 Å². The van der Waals surface area contributed by atoms with Crippen LogP contribution < -0.4 is 0 Å². The van der Waals surface area contributed by atoms with Gasteiger partial charge in [0.15, 0.2) is 0 Å². The molecule has 0 aliphatic heterocycles. The van der Waals surface area contributed by atoms with Gasteiger partial charge in [0.2, 0.25) is 0 Å². The molecule has 0 amide bonds. The molecular weight excluding hydrogens is 268 g/mol. The van der Waals surface area contributed by atoms with E-state index in [-0.39, 0.29) is 0 Å². The molecule has 98 valence electrons. The summed E-state index contributed by atoms with van der Waals surface area (Å²) in [6.07, 6.45) is 5.15. The number of benzene rings is 2. The first-order valence-electron chi connectivity index (χ1n) is 6.37. The van der Waals surface area contributed by atoms with Crippen molar-refractivity contribution in [2.45, 2.75) is 24.0 Å². The second-order valence-electron chi connectivity index (χ2n) is 4.45. The lowest BCUT2D eigenvalue weighted by atomic mass is 9.96. The van der Waals surface area contributed by atoms with E-state index >= 15 is 0 Å². The predicted octanol–water partition coefficient (Wildman–Crippen LogP) is 5.03. The predicted molar refractivity (Wildman–Crippen MR) is 90.3 cm³/mol. The molecule has 0 aromatic heterocycles. The van der Waals surface area contributed by atoms with Gasteiger partial charge < -0.3 is 0 Å². The molecule has 2 rings (SSSR count). The third-order valence-electron chi connectivity index (χ3n) is 3.16. The second-order valence-corrected chi connectivity index (χ2v) is 5.25. The lowest BCUT2D eigenvalue weighted by molar-refractivity contribution is 1.12. The van der Waals surface area contributed by atoms with Crippen LogP contribution >= 0.6 is 25.3 Å². The molecule has 0 saturated heterocycles. The summed E-state index contributed by atoms with van der Waals surface area (Å²) < 4.78 is 0. The average molecular weight is 286 g/mol. The van der Waals surface area contributed by atoms with Crippen molar-refractivity contribution < 1.29 is 0 Å². The van der Waals surface area contributed by atoms with Crippen molar-refractivity contribution >= 4 is 31.3 Å². The van der Waals surface area contributed by atoms with Crippen molar-refractivity contribution in [2.75, 3.05) is 0 Å². The molecule has 0 fully saturated rings. The highest BCUT2D eigenvalue weighted by atomic mass is 32.1. The Balaban J connectivity index is 2.43. The molecule has 0 heterocycles. The molecular formula is C17H18S2. The molecule has 2 heteroatoms. The van der Waals surface area contributed by atoms with E-state index in [4.69, 9.17) is 0 Å². The van der Waals surface area contributed by atoms with E-state index in [1.165, 1.54) is 22.3 Å². The second kappa shape index (κ2) is 6.88. The fourth-order valence-corrected chi connectivity index (χ4v) is 2.72. The monoisotopic (exact) mass is 286 g/mol. The van der Waals surface area contributed by atoms with Gasteiger partial charge in [0.05, 0.1) is 0 Å². The van der Waals surface area contributed by atoms with Crippen molar-refractivity contribution in [3.63, 3.8) is 0 Å². The summed E-state index contributed by atoms with van der Waals surface area (Å²) in [7, 11) is 0. The zero-order valence-electron chi connectivity index (χ0n) is 11.0. The minimum Gasteiger partial charge on any atom is -0.175 e. The summed E-state index contributed by atoms with van der Waals surface area (Å²) in [5, 5.41) is 0. The van der Waals surface area contributed by atoms with E-state index in [2.05, 4.69) is 67.7 Å². The quantitative estimate of drug-likeness (QED) is 0.724. The summed E-state index contributed by atoms with van der Waals surface area (Å²) in [5.74, 6) is 0.760. The van der Waals surface area contributed by atoms with Gasteiger partial charge >= 0.3 is 0 Å². The number of rotatable bonds is 4. The van der Waals surface area contributed by atoms with E-state index in [9.17, 15) is 0 Å². The number of hydrogen-bond acceptors (Lipinski definition) is 2. The Morgan fingerprint density at radius 3 is 2.32 bits per heavy atom. The Hall–Kier alpha value is -1.12. The van der Waals surface area contributed by atoms with E-state index < -0.39 is 0 Å². The van der Waals surface area contributed by atoms with Crippen LogP contribution in [0.2, 0.25) is 0 Å². The standard InChI is InChI=1S/C17H18S2/c1-2-6-16-13(8-5-9-15(16)12-18)11-14-7-3-4-10-17(14)19/h2-10,18-19H,11-12H2,1H3/b6-2-. The molecule has 2 aromatic rings. The van der Waals surface area contributed by atoms with E-state index in [1.54, 1.807) is 0 Å². The maximum Gasteiger partial charge on any atom is 0.0160 e. The Morgan fingerprint density at radius 1 is 0.947 bits per heavy atom. The van der Waals surface area contributed by atoms with Crippen molar-refractivity contribution in [1.29, 1.82) is 0 Å². The van der Waals surface area contributed by atoms with Crippen LogP contribution in [0, 0.1) is 0 Å². The smallest absolute Gasteiger partial charge is 0.0160 e. The molecule has 0 aliphatic carbocycles. The minimum atomic E-state index is 0.760. The van der Waals surface area contributed by atoms with E-state index in [0.29, 0.717) is 0 Å². The van der Waals surface area contributed by atoms with Gasteiger partial charge in [-0.05, 0) is 41.7 Å². The van der Waals surface area contributed by atoms with Gasteiger partial charge in [0.25, 0.3) is 0 Å². The van der Waals surface area contributed by atoms with Crippen LogP contribution in [0.1, 0.15) is 29.2 Å². The number of thiol groups is 2. The van der Waals surface area contributed by atoms with Gasteiger partial charge in [-0.3, -0.25) is 0 Å². The molecule has 0 unspecified atom stereocenters. The Labute approximate surface area is 126 Å². The molecule has 0 bridgehead atoms. The van der Waals surface area contributed by atoms with Gasteiger partial charge in [0.1, 0.15) is 0 Å². The van der Waals surface area contributed by atoms with Crippen LogP contribution in [0.3, 0.4) is 0 Å². The lowest BCUT2D eigenvalue weighted by Crippen LogP contribution is -1.96. The Bertz CT molecular complexity index is 586. The fourth-order valence-electron chi connectivity index (χ4n) is 2.20. The molecule has 0 spiro atoms. The van der Waals surface area contributed by atoms with Gasteiger partial charge in [-0.15, -0.1) is 12.6 Å². The summed E-state index contributed by atoms with van der Waals surface area (Å²) in [6, 6.07) is 14.7. The van der Waals surface area contributed by atoms with Crippen LogP contribution in [0.25, 0.3) is 6.08 Å². The SMILES string of the molecule is C/C=C\c1c(CS)cccc1Cc1ccccc1S. The van der Waals surface area contributed by atoms with Crippen molar-refractivity contribution in [2.24, 2.45) is 0 Å². The van der Waals surface area contributed by atoms with Crippen molar-refractivity contribution in [1.82, 2.24) is 0 Å². The molecule has 0 N–H and O–H groups in total. The number of hydrogen-bond donors (Lipinski definition) is 2. The number of allylic oxidation sites excluding steroid dienone is 1. The maximum absolute atomic E-state index is 4.53. The Kier molecular flexibility index (Phi) is 5.17. The van der Waals surface area contributed by atoms with Gasteiger partial charge in [0, 0.05) is 10.6 Å². The zero-order chi connectivity index (χ0) is 13.7. The normalized spacial score (nSPS) is 11.1. The lowest BCUT2D eigenvalue weighted by Gasteiger charge is -2.12. The van der Waals surface area contributed by atoms with Crippen molar-refractivity contribution in [3.05, 3.63) is 70.8 Å². The molecule has 19 heavy (non-hydrogen) atoms. The highest BCUT2D eigenvalue weighted by Gasteiger charge is 2.07. The van der Waals surface area contributed by atoms with Crippen molar-refractivity contribution in [3.8, 4) is 0 Å². The van der Waals surface area contributed by atoms with E-state index in [0.717, 1.165) is 17.1 Å². The molecule has 0 nitrogen and oxygen atoms in total. The van der Waals surface area contributed by atoms with E-state index in [1.807, 2.05) is 19.1 Å². The highest BCUT2D eigenvalue weighted by molar-refractivity contribution is 7.80. The topological polar surface area (TPSA) is 0 Å². The molecule has 2 aromatic carbocycles. The summed E-state index contributed by atoms with van der Waals surface area (Å²) in [4.78, 5) is 1.05. The molecule has 0 saturated carbocycles. The maximum atomic E-state index is 4.53. The van der Waals surface area contributed by atoms with Gasteiger partial charge in [-0.25, -0.2) is 0 Å². The third kappa shape index (κ3) is 3.46. The van der Waals surface area contributed by atoms with Crippen LogP contribution in [-0.2, 0) is 12.2 Å². The Morgan fingerprint density at radius 2 is 1.63 bits per heavy atom. The molecule has 0 radical (unpaired) electrons. The molecule has 0 atom stereocenters. The fraction of sp³-hybridized carbons (Fsp3) is 0.176. The van der Waals surface area contributed by atoms with Crippen LogP contribution in [-0.4, -0.2) is 0 Å². The highest BCUT2D eigenvalue weighted by Crippen LogP contribution is 2.24. The zero-order valence-corrected chi connectivity index (χ0v) is 12.8. The third-order valence-corrected chi connectivity index (χ3v) is 3.94. The first-order chi connectivity index (χ1) is 9.26. The summed E-state index contributed by atoms with van der Waals surface area (Å²) >= 11 is 8.95.